The van der Waals surface area contributed by atoms with Gasteiger partial charge in [0.2, 0.25) is 0 Å². The van der Waals surface area contributed by atoms with Gasteiger partial charge >= 0.3 is 0 Å². The number of hydrogen-bond donors (Lipinski definition) is 1. The molecule has 2 aromatic carbocycles. The van der Waals surface area contributed by atoms with E-state index >= 15 is 0 Å². The fourth-order valence-electron chi connectivity index (χ4n) is 3.14. The predicted octanol–water partition coefficient (Wildman–Crippen LogP) is 3.98. The minimum absolute atomic E-state index is 0.259. The quantitative estimate of drug-likeness (QED) is 0.704. The molecular weight excluding hydrogens is 357 g/mol. The van der Waals surface area contributed by atoms with E-state index in [-0.39, 0.29) is 6.61 Å². The van der Waals surface area contributed by atoms with E-state index in [1.54, 1.807) is 30.3 Å². The smallest absolute Gasteiger partial charge is 0.255 e. The maximum atomic E-state index is 13.9. The largest absolute Gasteiger partial charge is 0.484 e. The van der Waals surface area contributed by atoms with Crippen LogP contribution in [0, 0.1) is 23.1 Å². The second-order valence-corrected chi connectivity index (χ2v) is 6.96. The van der Waals surface area contributed by atoms with Gasteiger partial charge in [0, 0.05) is 10.9 Å². The van der Waals surface area contributed by atoms with Crippen LogP contribution in [0.25, 0.3) is 22.0 Å². The van der Waals surface area contributed by atoms with Gasteiger partial charge in [-0.1, -0.05) is 26.0 Å². The number of carbonyl (C=O) groups is 1. The first-order chi connectivity index (χ1) is 13.4. The number of rotatable bonds is 6. The molecule has 3 aromatic rings. The molecule has 0 fully saturated rings. The number of aromatic nitrogens is 1. The summed E-state index contributed by atoms with van der Waals surface area (Å²) < 4.78 is 19.3. The van der Waals surface area contributed by atoms with Crippen molar-refractivity contribution in [2.75, 3.05) is 6.61 Å². The number of hydrogen-bond acceptors (Lipinski definition) is 4. The van der Waals surface area contributed by atoms with Crippen LogP contribution in [-0.4, -0.2) is 17.5 Å². The van der Waals surface area contributed by atoms with Gasteiger partial charge in [0.15, 0.2) is 6.61 Å². The molecule has 0 aliphatic heterocycles. The first kappa shape index (κ1) is 19.3. The number of amides is 1. The highest BCUT2D eigenvalue weighted by Crippen LogP contribution is 2.35. The zero-order chi connectivity index (χ0) is 20.3. The number of halogens is 1. The molecule has 0 aliphatic carbocycles. The Kier molecular flexibility index (Phi) is 5.55. The summed E-state index contributed by atoms with van der Waals surface area (Å²) in [7, 11) is 0. The average molecular weight is 377 g/mol. The van der Waals surface area contributed by atoms with E-state index in [1.165, 1.54) is 12.1 Å². The van der Waals surface area contributed by atoms with Crippen molar-refractivity contribution in [3.8, 4) is 22.9 Å². The third-order valence-electron chi connectivity index (χ3n) is 4.24. The molecule has 0 atom stereocenters. The van der Waals surface area contributed by atoms with Crippen LogP contribution in [0.3, 0.4) is 0 Å². The zero-order valence-electron chi connectivity index (χ0n) is 15.7. The molecule has 3 rings (SSSR count). The maximum Gasteiger partial charge on any atom is 0.255 e. The van der Waals surface area contributed by atoms with Crippen LogP contribution in [0.4, 0.5) is 4.39 Å². The van der Waals surface area contributed by atoms with Crippen molar-refractivity contribution in [1.82, 2.24) is 4.98 Å². The Morgan fingerprint density at radius 3 is 2.71 bits per heavy atom. The molecule has 2 N–H and O–H groups in total. The van der Waals surface area contributed by atoms with Gasteiger partial charge in [0.1, 0.15) is 17.6 Å². The van der Waals surface area contributed by atoms with Crippen LogP contribution in [0.5, 0.6) is 5.75 Å². The van der Waals surface area contributed by atoms with Crippen molar-refractivity contribution in [1.29, 1.82) is 5.26 Å². The zero-order valence-corrected chi connectivity index (χ0v) is 15.7. The van der Waals surface area contributed by atoms with E-state index in [0.717, 1.165) is 0 Å². The van der Waals surface area contributed by atoms with E-state index < -0.39 is 11.7 Å². The second-order valence-electron chi connectivity index (χ2n) is 6.96. The van der Waals surface area contributed by atoms with Crippen molar-refractivity contribution in [3.63, 3.8) is 0 Å². The van der Waals surface area contributed by atoms with Crippen molar-refractivity contribution >= 4 is 16.8 Å². The van der Waals surface area contributed by atoms with Crippen molar-refractivity contribution < 1.29 is 13.9 Å². The number of pyridine rings is 1. The number of nitrogens with zero attached hydrogens (tertiary/aromatic N) is 2. The number of nitrogens with two attached hydrogens (primary N) is 1. The Hall–Kier alpha value is -3.46. The second kappa shape index (κ2) is 8.05. The maximum absolute atomic E-state index is 13.9. The first-order valence-corrected chi connectivity index (χ1v) is 8.92. The number of ether oxygens (including phenoxy) is 1. The minimum Gasteiger partial charge on any atom is -0.484 e. The van der Waals surface area contributed by atoms with E-state index in [0.29, 0.717) is 51.4 Å². The van der Waals surface area contributed by atoms with Gasteiger partial charge in [-0.2, -0.15) is 5.26 Å². The Labute approximate surface area is 162 Å². The van der Waals surface area contributed by atoms with Crippen molar-refractivity contribution in [3.05, 3.63) is 59.5 Å². The number of primary amides is 1. The molecule has 0 unspecified atom stereocenters. The van der Waals surface area contributed by atoms with Gasteiger partial charge in [-0.3, -0.25) is 9.78 Å². The molecule has 1 heterocycles. The molecular formula is C22H20FN3O2. The molecule has 0 spiro atoms. The first-order valence-electron chi connectivity index (χ1n) is 8.92. The highest BCUT2D eigenvalue weighted by molar-refractivity contribution is 5.98. The molecule has 0 saturated heterocycles. The number of fused-ring (bicyclic) bond motifs is 1. The normalized spacial score (nSPS) is 10.8. The molecule has 1 amide bonds. The van der Waals surface area contributed by atoms with Crippen molar-refractivity contribution in [2.24, 2.45) is 11.7 Å². The highest BCUT2D eigenvalue weighted by atomic mass is 19.1. The summed E-state index contributed by atoms with van der Waals surface area (Å²) in [4.78, 5) is 15.7. The fourth-order valence-corrected chi connectivity index (χ4v) is 3.14. The molecule has 28 heavy (non-hydrogen) atoms. The summed E-state index contributed by atoms with van der Waals surface area (Å²) in [5, 5.41) is 10.5. The summed E-state index contributed by atoms with van der Waals surface area (Å²) in [6.45, 7) is 3.84. The summed E-state index contributed by atoms with van der Waals surface area (Å²) in [6.07, 6.45) is 0.626. The van der Waals surface area contributed by atoms with Crippen LogP contribution in [0.1, 0.15) is 25.1 Å². The van der Waals surface area contributed by atoms with E-state index in [9.17, 15) is 14.4 Å². The lowest BCUT2D eigenvalue weighted by molar-refractivity contribution is -0.119. The SMILES string of the molecule is CC(C)Cc1nc2ccc(OCC(N)=O)cc2c(-c2cccc(F)c2)c1C#N. The van der Waals surface area contributed by atoms with E-state index in [1.807, 2.05) is 0 Å². The molecule has 142 valence electrons. The molecule has 1 aromatic heterocycles. The molecule has 0 radical (unpaired) electrons. The lowest BCUT2D eigenvalue weighted by Crippen LogP contribution is -2.20. The van der Waals surface area contributed by atoms with Gasteiger partial charge < -0.3 is 10.5 Å². The van der Waals surface area contributed by atoms with E-state index in [4.69, 9.17) is 10.5 Å². The van der Waals surface area contributed by atoms with Crippen LogP contribution < -0.4 is 10.5 Å². The van der Waals surface area contributed by atoms with Crippen molar-refractivity contribution in [2.45, 2.75) is 20.3 Å². The topological polar surface area (TPSA) is 89.0 Å². The third kappa shape index (κ3) is 4.09. The van der Waals surface area contributed by atoms with Gasteiger partial charge in [-0.05, 0) is 48.2 Å². The molecule has 0 bridgehead atoms. The Morgan fingerprint density at radius 1 is 1.29 bits per heavy atom. The molecule has 0 saturated carbocycles. The van der Waals surface area contributed by atoms with Crippen LogP contribution >= 0.6 is 0 Å². The van der Waals surface area contributed by atoms with Crippen LogP contribution in [0.2, 0.25) is 0 Å². The lowest BCUT2D eigenvalue weighted by atomic mass is 9.92. The molecule has 6 heteroatoms. The lowest BCUT2D eigenvalue weighted by Gasteiger charge is -2.15. The fraction of sp³-hybridized carbons (Fsp3) is 0.227. The summed E-state index contributed by atoms with van der Waals surface area (Å²) in [5.41, 5.74) is 8.09. The third-order valence-corrected chi connectivity index (χ3v) is 4.24. The standard InChI is InChI=1S/C22H20FN3O2/c1-13(2)8-20-18(11-24)22(14-4-3-5-15(23)9-14)17-10-16(28-12-21(25)27)6-7-19(17)26-20/h3-7,9-10,13H,8,12H2,1-2H3,(H2,25,27). The average Bonchev–Trinajstić information content (AvgIpc) is 2.64. The number of benzene rings is 2. The highest BCUT2D eigenvalue weighted by Gasteiger charge is 2.18. The monoisotopic (exact) mass is 377 g/mol. The van der Waals surface area contributed by atoms with Gasteiger partial charge in [0.05, 0.1) is 16.8 Å². The Bertz CT molecular complexity index is 1090. The predicted molar refractivity (Wildman–Crippen MR) is 105 cm³/mol. The van der Waals surface area contributed by atoms with Gasteiger partial charge in [-0.15, -0.1) is 0 Å². The Balaban J connectivity index is 2.30. The molecule has 5 nitrogen and oxygen atoms in total. The van der Waals surface area contributed by atoms with Crippen LogP contribution in [-0.2, 0) is 11.2 Å². The van der Waals surface area contributed by atoms with Crippen LogP contribution in [0.15, 0.2) is 42.5 Å². The van der Waals surface area contributed by atoms with E-state index in [2.05, 4.69) is 24.9 Å². The van der Waals surface area contributed by atoms with Gasteiger partial charge in [-0.25, -0.2) is 4.39 Å². The Morgan fingerprint density at radius 2 is 2.07 bits per heavy atom. The summed E-state index contributed by atoms with van der Waals surface area (Å²) >= 11 is 0. The number of nitriles is 1. The summed E-state index contributed by atoms with van der Waals surface area (Å²) in [5.74, 6) is -0.256. The summed E-state index contributed by atoms with van der Waals surface area (Å²) in [6, 6.07) is 13.5. The minimum atomic E-state index is -0.589. The van der Waals surface area contributed by atoms with Gasteiger partial charge in [0.25, 0.3) is 5.91 Å². The molecule has 0 aliphatic rings. The number of carbonyl (C=O) groups excluding carboxylic acids is 1.